The zero-order valence-corrected chi connectivity index (χ0v) is 14.7. The molecule has 0 aromatic heterocycles. The number of piperazine rings is 1. The summed E-state index contributed by atoms with van der Waals surface area (Å²) in [5.41, 5.74) is 5.79. The van der Waals surface area contributed by atoms with Crippen LogP contribution in [-0.2, 0) is 25.7 Å². The van der Waals surface area contributed by atoms with Gasteiger partial charge in [0.15, 0.2) is 5.82 Å². The summed E-state index contributed by atoms with van der Waals surface area (Å²) in [4.78, 5) is 26.8. The Morgan fingerprint density at radius 2 is 1.93 bits per heavy atom. The number of esters is 1. The van der Waals surface area contributed by atoms with Crippen molar-refractivity contribution in [3.8, 4) is 0 Å². The molecule has 27 heavy (non-hydrogen) atoms. The van der Waals surface area contributed by atoms with E-state index in [9.17, 15) is 14.0 Å². The van der Waals surface area contributed by atoms with Gasteiger partial charge in [-0.05, 0) is 6.07 Å². The number of carbonyl (C=O) groups is 2. The number of halogens is 1. The second-order valence-electron chi connectivity index (χ2n) is 5.91. The first-order valence-corrected chi connectivity index (χ1v) is 8.20. The van der Waals surface area contributed by atoms with E-state index in [0.29, 0.717) is 31.9 Å². The molecule has 0 radical (unpaired) electrons. The van der Waals surface area contributed by atoms with Gasteiger partial charge in [0.25, 0.3) is 0 Å². The van der Waals surface area contributed by atoms with Gasteiger partial charge in [-0.15, -0.1) is 0 Å². The minimum atomic E-state index is -0.674. The third-order valence-electron chi connectivity index (χ3n) is 4.02. The fraction of sp³-hybridized carbons (Fsp3) is 0.500. The number of nitrogens with zero attached hydrogens (tertiary/aromatic N) is 2. The lowest BCUT2D eigenvalue weighted by molar-refractivity contribution is -0.143. The largest absolute Gasteiger partial charge is 0.460 e. The van der Waals surface area contributed by atoms with Gasteiger partial charge >= 0.3 is 5.97 Å². The first-order chi connectivity index (χ1) is 12.4. The molecule has 3 N–H and O–H groups in total. The molecule has 0 saturated carbocycles. The number of rotatable bonds is 7. The first-order valence-electron chi connectivity index (χ1n) is 8.20. The van der Waals surface area contributed by atoms with Crippen molar-refractivity contribution >= 4 is 23.4 Å². The molecule has 1 saturated heterocycles. The van der Waals surface area contributed by atoms with Gasteiger partial charge in [-0.25, -0.2) is 4.39 Å². The molecule has 1 heterocycles. The Morgan fingerprint density at radius 1 is 1.26 bits per heavy atom. The van der Waals surface area contributed by atoms with Crippen LogP contribution in [0.5, 0.6) is 0 Å². The predicted molar refractivity (Wildman–Crippen MR) is 100 cm³/mol. The number of amidine groups is 1. The summed E-state index contributed by atoms with van der Waals surface area (Å²) in [6.45, 7) is 1.78. The number of hydrogen-bond acceptors (Lipinski definition) is 6. The van der Waals surface area contributed by atoms with Gasteiger partial charge in [0.1, 0.15) is 25.5 Å². The standard InChI is InChI=1S/C17H23FN4O4.CH4/c1-25-11-15(23)22-7-5-21(6-8-22)13-4-2-3-12(17(13)18)10-26-16(24)9-14(19)20;/h2-4H,5-11H2,1H3,(H3,19,20);1H4. The van der Waals surface area contributed by atoms with E-state index in [4.69, 9.17) is 20.6 Å². The first kappa shape index (κ1) is 22.4. The van der Waals surface area contributed by atoms with E-state index in [-0.39, 0.29) is 44.4 Å². The van der Waals surface area contributed by atoms with E-state index in [0.717, 1.165) is 0 Å². The number of ether oxygens (including phenoxy) is 2. The molecule has 0 atom stereocenters. The molecular formula is C18H27FN4O4. The van der Waals surface area contributed by atoms with Gasteiger partial charge in [-0.3, -0.25) is 15.0 Å². The highest BCUT2D eigenvalue weighted by Gasteiger charge is 2.23. The lowest BCUT2D eigenvalue weighted by atomic mass is 10.1. The molecule has 1 amide bonds. The monoisotopic (exact) mass is 382 g/mol. The Labute approximate surface area is 158 Å². The zero-order valence-electron chi connectivity index (χ0n) is 14.7. The number of amides is 1. The molecule has 8 nitrogen and oxygen atoms in total. The zero-order chi connectivity index (χ0) is 19.1. The molecule has 9 heteroatoms. The van der Waals surface area contributed by atoms with E-state index < -0.39 is 11.8 Å². The molecule has 1 fully saturated rings. The molecule has 0 bridgehead atoms. The topological polar surface area (TPSA) is 109 Å². The molecule has 150 valence electrons. The number of nitrogens with one attached hydrogen (secondary N) is 1. The van der Waals surface area contributed by atoms with E-state index in [1.54, 1.807) is 17.0 Å². The predicted octanol–water partition coefficient (Wildman–Crippen LogP) is 1.13. The molecule has 0 aliphatic carbocycles. The van der Waals surface area contributed by atoms with Crippen LogP contribution in [0.15, 0.2) is 18.2 Å². The van der Waals surface area contributed by atoms with Crippen molar-refractivity contribution in [1.29, 1.82) is 5.41 Å². The van der Waals surface area contributed by atoms with E-state index in [2.05, 4.69) is 0 Å². The number of anilines is 1. The molecule has 1 aliphatic heterocycles. The Balaban J connectivity index is 0.00000364. The maximum Gasteiger partial charge on any atom is 0.313 e. The summed E-state index contributed by atoms with van der Waals surface area (Å²) in [5, 5.41) is 7.05. The summed E-state index contributed by atoms with van der Waals surface area (Å²) in [6, 6.07) is 4.89. The van der Waals surface area contributed by atoms with Crippen molar-refractivity contribution < 1.29 is 23.5 Å². The Kier molecular flexibility index (Phi) is 8.67. The van der Waals surface area contributed by atoms with Crippen molar-refractivity contribution in [2.75, 3.05) is 44.8 Å². The molecular weight excluding hydrogens is 355 g/mol. The summed E-state index contributed by atoms with van der Waals surface area (Å²) in [5.74, 6) is -1.52. The van der Waals surface area contributed by atoms with Crippen LogP contribution in [0.25, 0.3) is 0 Å². The van der Waals surface area contributed by atoms with Crippen molar-refractivity contribution in [2.45, 2.75) is 20.5 Å². The molecule has 1 aliphatic rings. The van der Waals surface area contributed by atoms with Crippen LogP contribution in [-0.4, -0.2) is 62.5 Å². The second-order valence-corrected chi connectivity index (χ2v) is 5.91. The smallest absolute Gasteiger partial charge is 0.313 e. The third kappa shape index (κ3) is 6.21. The minimum Gasteiger partial charge on any atom is -0.460 e. The Hall–Kier alpha value is -2.68. The maximum absolute atomic E-state index is 14.7. The van der Waals surface area contributed by atoms with Crippen molar-refractivity contribution in [1.82, 2.24) is 4.90 Å². The fourth-order valence-corrected chi connectivity index (χ4v) is 2.70. The van der Waals surface area contributed by atoms with E-state index >= 15 is 0 Å². The normalized spacial score (nSPS) is 13.7. The quantitative estimate of drug-likeness (QED) is 0.416. The molecule has 1 aromatic carbocycles. The van der Waals surface area contributed by atoms with Gasteiger partial charge in [0, 0.05) is 38.9 Å². The highest BCUT2D eigenvalue weighted by molar-refractivity contribution is 5.94. The average Bonchev–Trinajstić information content (AvgIpc) is 2.60. The molecule has 0 spiro atoms. The fourth-order valence-electron chi connectivity index (χ4n) is 2.70. The highest BCUT2D eigenvalue weighted by atomic mass is 19.1. The molecule has 1 aromatic rings. The van der Waals surface area contributed by atoms with Crippen LogP contribution in [0, 0.1) is 11.2 Å². The van der Waals surface area contributed by atoms with Crippen LogP contribution < -0.4 is 10.6 Å². The van der Waals surface area contributed by atoms with E-state index in [1.807, 2.05) is 4.90 Å². The lowest BCUT2D eigenvalue weighted by Crippen LogP contribution is -2.50. The lowest BCUT2D eigenvalue weighted by Gasteiger charge is -2.36. The maximum atomic E-state index is 14.7. The van der Waals surface area contributed by atoms with Crippen LogP contribution in [0.3, 0.4) is 0 Å². The SMILES string of the molecule is C.COCC(=O)N1CCN(c2cccc(COC(=O)CC(=N)N)c2F)CC1. The van der Waals surface area contributed by atoms with Gasteiger partial charge in [-0.1, -0.05) is 19.6 Å². The van der Waals surface area contributed by atoms with Crippen LogP contribution in [0.1, 0.15) is 19.4 Å². The summed E-state index contributed by atoms with van der Waals surface area (Å²) < 4.78 is 24.5. The number of methoxy groups -OCH3 is 1. The van der Waals surface area contributed by atoms with Crippen LogP contribution in [0.4, 0.5) is 10.1 Å². The van der Waals surface area contributed by atoms with Gasteiger partial charge < -0.3 is 25.0 Å². The van der Waals surface area contributed by atoms with Crippen LogP contribution in [0.2, 0.25) is 0 Å². The minimum absolute atomic E-state index is 0. The number of benzene rings is 1. The number of carbonyl (C=O) groups excluding carboxylic acids is 2. The average molecular weight is 382 g/mol. The van der Waals surface area contributed by atoms with Crippen LogP contribution >= 0.6 is 0 Å². The molecule has 0 unspecified atom stereocenters. The number of nitrogens with two attached hydrogens (primary N) is 1. The van der Waals surface area contributed by atoms with Gasteiger partial charge in [0.05, 0.1) is 5.69 Å². The second kappa shape index (κ2) is 10.5. The third-order valence-corrected chi connectivity index (χ3v) is 4.02. The highest BCUT2D eigenvalue weighted by Crippen LogP contribution is 2.24. The summed E-state index contributed by atoms with van der Waals surface area (Å²) >= 11 is 0. The van der Waals surface area contributed by atoms with Crippen molar-refractivity contribution in [3.05, 3.63) is 29.6 Å². The Bertz CT molecular complexity index is 675. The van der Waals surface area contributed by atoms with Gasteiger partial charge in [0.2, 0.25) is 5.91 Å². The van der Waals surface area contributed by atoms with Crippen molar-refractivity contribution in [3.63, 3.8) is 0 Å². The van der Waals surface area contributed by atoms with Gasteiger partial charge in [-0.2, -0.15) is 0 Å². The Morgan fingerprint density at radius 3 is 2.52 bits per heavy atom. The summed E-state index contributed by atoms with van der Waals surface area (Å²) in [7, 11) is 1.47. The molecule has 2 rings (SSSR count). The van der Waals surface area contributed by atoms with Crippen molar-refractivity contribution in [2.24, 2.45) is 5.73 Å². The van der Waals surface area contributed by atoms with E-state index in [1.165, 1.54) is 13.2 Å². The summed E-state index contributed by atoms with van der Waals surface area (Å²) in [6.07, 6.45) is -0.321. The number of hydrogen-bond donors (Lipinski definition) is 2.